The molecule has 10 N–H and O–H groups in total. The molecule has 0 radical (unpaired) electrons. The van der Waals surface area contributed by atoms with E-state index in [0.29, 0.717) is 23.3 Å². The van der Waals surface area contributed by atoms with Crippen LogP contribution < -0.4 is 32.3 Å². The predicted molar refractivity (Wildman–Crippen MR) is 232 cm³/mol. The Morgan fingerprint density at radius 3 is 1.65 bits per heavy atom. The van der Waals surface area contributed by atoms with Crippen LogP contribution in [0.2, 0.25) is 0 Å². The van der Waals surface area contributed by atoms with Gasteiger partial charge < -0.3 is 52.5 Å². The molecule has 2 aromatic rings. The van der Waals surface area contributed by atoms with E-state index in [4.69, 9.17) is 20.7 Å². The van der Waals surface area contributed by atoms with E-state index < -0.39 is 121 Å². The maximum atomic E-state index is 14.3. The summed E-state index contributed by atoms with van der Waals surface area (Å²) in [5.74, 6) is -10.5. The minimum atomic E-state index is -5.08. The lowest BCUT2D eigenvalue weighted by molar-refractivity contribution is -0.192. The van der Waals surface area contributed by atoms with E-state index in [1.165, 1.54) is 18.8 Å². The highest BCUT2D eigenvalue weighted by atomic mass is 32.2. The number of aliphatic carboxylic acids is 3. The maximum Gasteiger partial charge on any atom is 0.490 e. The minimum Gasteiger partial charge on any atom is -0.481 e. The number of nitrogens with two attached hydrogens (primary N) is 1. The molecule has 20 nitrogen and oxygen atoms in total. The fourth-order valence-electron chi connectivity index (χ4n) is 5.86. The number of rotatable bonds is 26. The highest BCUT2D eigenvalue weighted by Gasteiger charge is 2.38. The lowest BCUT2D eigenvalue weighted by Crippen LogP contribution is -2.59. The van der Waals surface area contributed by atoms with Gasteiger partial charge in [-0.3, -0.25) is 43.2 Å². The van der Waals surface area contributed by atoms with Crippen LogP contribution in [0.15, 0.2) is 60.7 Å². The second-order valence-electron chi connectivity index (χ2n) is 15.0. The predicted octanol–water partition coefficient (Wildman–Crippen LogP) is 0.612. The number of carboxylic acid groups (broad SMARTS) is 3. The molecule has 0 aromatic heterocycles. The highest BCUT2D eigenvalue weighted by molar-refractivity contribution is 7.98. The molecule has 66 heavy (non-hydrogen) atoms. The Hall–Kier alpha value is -6.72. The van der Waals surface area contributed by atoms with Crippen LogP contribution in [0.3, 0.4) is 0 Å². The van der Waals surface area contributed by atoms with Crippen molar-refractivity contribution >= 4 is 71.0 Å². The normalized spacial score (nSPS) is 13.2. The van der Waals surface area contributed by atoms with Crippen molar-refractivity contribution in [1.82, 2.24) is 31.5 Å². The zero-order valence-electron chi connectivity index (χ0n) is 36.6. The third-order valence-corrected chi connectivity index (χ3v) is 9.82. The monoisotopic (exact) mass is 955 g/mol. The molecule has 0 bridgehead atoms. The zero-order chi connectivity index (χ0) is 50.1. The lowest BCUT2D eigenvalue weighted by atomic mass is 10.0. The summed E-state index contributed by atoms with van der Waals surface area (Å²) in [7, 11) is 1.33. The number of hydrogen-bond acceptors (Lipinski definition) is 11. The van der Waals surface area contributed by atoms with Gasteiger partial charge in [-0.25, -0.2) is 4.79 Å². The molecule has 24 heteroatoms. The Balaban J connectivity index is 0.00000286. The van der Waals surface area contributed by atoms with Crippen LogP contribution in [-0.4, -0.2) is 141 Å². The number of nitrogens with zero attached hydrogens (tertiary/aromatic N) is 1. The van der Waals surface area contributed by atoms with Crippen molar-refractivity contribution in [3.8, 4) is 0 Å². The molecule has 7 amide bonds. The Bertz CT molecular complexity index is 1980. The summed E-state index contributed by atoms with van der Waals surface area (Å²) in [5.41, 5.74) is 6.72. The van der Waals surface area contributed by atoms with Gasteiger partial charge in [0.05, 0.1) is 19.4 Å². The summed E-state index contributed by atoms with van der Waals surface area (Å²) in [6, 6.07) is 10.8. The Kier molecular flexibility index (Phi) is 25.1. The topological polar surface area (TPSA) is 321 Å². The van der Waals surface area contributed by atoms with Crippen molar-refractivity contribution in [2.45, 2.75) is 95.2 Å². The number of thioether (sulfide) groups is 1. The molecule has 5 atom stereocenters. The molecule has 0 aliphatic carbocycles. The first-order chi connectivity index (χ1) is 30.9. The number of benzene rings is 2. The van der Waals surface area contributed by atoms with Crippen LogP contribution in [0, 0.1) is 5.92 Å². The minimum absolute atomic E-state index is 0.0350. The standard InChI is InChI=1S/C40H55N7O11S.C2HF3O2/c1-24(2)19-28(37(55)45-27(36(41)54)17-18-59-4)44-33(49)23-42-39(57)31(21-26-13-9-6-10-14-26)47(3)40(58)30(20-25-11-7-5-8-12-25)46-38(56)29(22-35(52)53)43-32(48)15-16-34(50)51;3-2(4,5)1(6)7/h5-14,24,27-31H,15-23H2,1-4H3,(H2,41,54)(H,42,57)(H,43,48)(H,44,49)(H,45,55)(H,46,56)(H,50,51)(H,52,53);(H,6,7)/t27-,28-,29-,30-,31-;/m0./s1. The maximum absolute atomic E-state index is 14.3. The first-order valence-electron chi connectivity index (χ1n) is 20.2. The van der Waals surface area contributed by atoms with Gasteiger partial charge in [-0.15, -0.1) is 0 Å². The molecule has 364 valence electrons. The van der Waals surface area contributed by atoms with Crippen LogP contribution in [0.4, 0.5) is 13.2 Å². The number of primary amides is 1. The third kappa shape index (κ3) is 22.8. The number of carbonyl (C=O) groups excluding carboxylic acids is 7. The van der Waals surface area contributed by atoms with Gasteiger partial charge in [0.25, 0.3) is 0 Å². The summed E-state index contributed by atoms with van der Waals surface area (Å²) >= 11 is 1.47. The van der Waals surface area contributed by atoms with E-state index >= 15 is 0 Å². The summed E-state index contributed by atoms with van der Waals surface area (Å²) in [5, 5.41) is 38.0. The largest absolute Gasteiger partial charge is 0.490 e. The van der Waals surface area contributed by atoms with Crippen molar-refractivity contribution in [2.75, 3.05) is 25.6 Å². The Morgan fingerprint density at radius 1 is 0.682 bits per heavy atom. The number of likely N-dealkylation sites (N-methyl/N-ethyl adjacent to an activating group) is 1. The van der Waals surface area contributed by atoms with Gasteiger partial charge in [-0.1, -0.05) is 74.5 Å². The summed E-state index contributed by atoms with van der Waals surface area (Å²) in [6.45, 7) is 3.09. The average Bonchev–Trinajstić information content (AvgIpc) is 3.24. The molecule has 2 aromatic carbocycles. The van der Waals surface area contributed by atoms with Gasteiger partial charge in [0.2, 0.25) is 41.4 Å². The van der Waals surface area contributed by atoms with E-state index in [9.17, 15) is 61.4 Å². The van der Waals surface area contributed by atoms with Crippen LogP contribution in [0.25, 0.3) is 0 Å². The number of hydrogen-bond donors (Lipinski definition) is 9. The SMILES string of the molecule is CSCC[C@H](NC(=O)[C@H](CC(C)C)NC(=O)CNC(=O)[C@H](Cc1ccccc1)N(C)C(=O)[C@H](Cc1ccccc1)NC(=O)[C@H](CC(=O)O)NC(=O)CCC(=O)O)C(N)=O.O=C(O)C(F)(F)F. The second kappa shape index (κ2) is 28.9. The lowest BCUT2D eigenvalue weighted by Gasteiger charge is -2.32. The first-order valence-corrected chi connectivity index (χ1v) is 21.6. The van der Waals surface area contributed by atoms with Crippen LogP contribution in [-0.2, 0) is 60.8 Å². The van der Waals surface area contributed by atoms with E-state index in [-0.39, 0.29) is 25.2 Å². The zero-order valence-corrected chi connectivity index (χ0v) is 37.4. The second-order valence-corrected chi connectivity index (χ2v) is 16.0. The molecule has 0 fully saturated rings. The van der Waals surface area contributed by atoms with E-state index in [1.54, 1.807) is 60.7 Å². The van der Waals surface area contributed by atoms with Gasteiger partial charge in [0.1, 0.15) is 30.2 Å². The van der Waals surface area contributed by atoms with Gasteiger partial charge in [0.15, 0.2) is 0 Å². The fraction of sp³-hybridized carbons (Fsp3) is 0.476. The fourth-order valence-corrected chi connectivity index (χ4v) is 6.33. The van der Waals surface area contributed by atoms with E-state index in [0.717, 1.165) is 4.90 Å². The molecule has 2 rings (SSSR count). The Morgan fingerprint density at radius 2 is 1.18 bits per heavy atom. The molecule has 0 saturated carbocycles. The molecule has 0 aliphatic heterocycles. The van der Waals surface area contributed by atoms with Crippen molar-refractivity contribution in [1.29, 1.82) is 0 Å². The molecular formula is C42H56F3N7O13S. The number of carbonyl (C=O) groups is 10. The summed E-state index contributed by atoms with van der Waals surface area (Å²) < 4.78 is 31.7. The first kappa shape index (κ1) is 57.3. The Labute approximate surface area is 382 Å². The molecule has 0 aliphatic rings. The van der Waals surface area contributed by atoms with E-state index in [1.807, 2.05) is 20.1 Å². The number of amides is 7. The highest BCUT2D eigenvalue weighted by Crippen LogP contribution is 2.15. The van der Waals surface area contributed by atoms with Crippen LogP contribution >= 0.6 is 11.8 Å². The average molecular weight is 956 g/mol. The van der Waals surface area contributed by atoms with Gasteiger partial charge in [-0.2, -0.15) is 24.9 Å². The molecule has 0 unspecified atom stereocenters. The summed E-state index contributed by atoms with van der Waals surface area (Å²) in [4.78, 5) is 125. The third-order valence-electron chi connectivity index (χ3n) is 9.18. The molecule has 0 saturated heterocycles. The number of alkyl halides is 3. The molecular weight excluding hydrogens is 900 g/mol. The van der Waals surface area contributed by atoms with Crippen LogP contribution in [0.1, 0.15) is 57.1 Å². The van der Waals surface area contributed by atoms with Gasteiger partial charge in [-0.05, 0) is 41.9 Å². The molecule has 0 heterocycles. The van der Waals surface area contributed by atoms with Crippen molar-refractivity contribution in [2.24, 2.45) is 11.7 Å². The quantitative estimate of drug-likeness (QED) is 0.0625. The number of nitrogens with one attached hydrogen (secondary N) is 5. The van der Waals surface area contributed by atoms with E-state index in [2.05, 4.69) is 26.6 Å². The number of carboxylic acids is 3. The smallest absolute Gasteiger partial charge is 0.481 e. The summed E-state index contributed by atoms with van der Waals surface area (Å²) in [6.07, 6.45) is -4.86. The van der Waals surface area contributed by atoms with Crippen LogP contribution in [0.5, 0.6) is 0 Å². The van der Waals surface area contributed by atoms with Gasteiger partial charge >= 0.3 is 24.1 Å². The van der Waals surface area contributed by atoms with Crippen molar-refractivity contribution in [3.63, 3.8) is 0 Å². The van der Waals surface area contributed by atoms with Crippen molar-refractivity contribution in [3.05, 3.63) is 71.8 Å². The van der Waals surface area contributed by atoms with Gasteiger partial charge in [0, 0.05) is 26.3 Å². The van der Waals surface area contributed by atoms with Crippen molar-refractivity contribution < 1.29 is 76.4 Å². The molecule has 0 spiro atoms. The number of halogens is 3.